The molecule has 1 rings (SSSR count). The van der Waals surface area contributed by atoms with Crippen molar-refractivity contribution in [2.75, 3.05) is 0 Å². The molecule has 1 heterocycles. The van der Waals surface area contributed by atoms with Crippen molar-refractivity contribution in [3.8, 4) is 0 Å². The zero-order valence-corrected chi connectivity index (χ0v) is 8.07. The van der Waals surface area contributed by atoms with Gasteiger partial charge in [-0.1, -0.05) is 0 Å². The number of nitrogens with two attached hydrogens (primary N) is 1. The van der Waals surface area contributed by atoms with Crippen LogP contribution >= 0.6 is 0 Å². The number of carboxylic acid groups (broad SMARTS) is 1. The van der Waals surface area contributed by atoms with Crippen LogP contribution in [0.25, 0.3) is 0 Å². The van der Waals surface area contributed by atoms with Gasteiger partial charge in [0.1, 0.15) is 0 Å². The highest BCUT2D eigenvalue weighted by atomic mass is 16.4. The number of aromatic nitrogens is 1. The molecule has 5 heteroatoms. The second kappa shape index (κ2) is 3.63. The van der Waals surface area contributed by atoms with E-state index in [-0.39, 0.29) is 23.2 Å². The number of hydrogen-bond donors (Lipinski definition) is 2. The lowest BCUT2D eigenvalue weighted by Crippen LogP contribution is -2.28. The fraction of sp³-hybridized carbons (Fsp3) is 0.333. The van der Waals surface area contributed by atoms with E-state index in [0.717, 1.165) is 0 Å². The smallest absolute Gasteiger partial charge is 0.336 e. The maximum Gasteiger partial charge on any atom is 0.336 e. The molecule has 0 aliphatic heterocycles. The number of aryl methyl sites for hydroxylation is 1. The Kier molecular flexibility index (Phi) is 2.71. The molecule has 0 spiro atoms. The van der Waals surface area contributed by atoms with Gasteiger partial charge in [0.2, 0.25) is 0 Å². The van der Waals surface area contributed by atoms with Crippen molar-refractivity contribution in [2.45, 2.75) is 13.5 Å². The van der Waals surface area contributed by atoms with Gasteiger partial charge in [-0.3, -0.25) is 4.79 Å². The predicted molar refractivity (Wildman–Crippen MR) is 51.3 cm³/mol. The molecule has 1 aromatic heterocycles. The minimum absolute atomic E-state index is 0.00639. The first-order chi connectivity index (χ1) is 6.49. The maximum absolute atomic E-state index is 11.6. The van der Waals surface area contributed by atoms with Gasteiger partial charge in [0.05, 0.1) is 5.56 Å². The van der Waals surface area contributed by atoms with Crippen LogP contribution in [-0.4, -0.2) is 15.6 Å². The molecule has 14 heavy (non-hydrogen) atoms. The Morgan fingerprint density at radius 3 is 2.64 bits per heavy atom. The lowest BCUT2D eigenvalue weighted by molar-refractivity contribution is 0.0695. The Morgan fingerprint density at radius 1 is 1.64 bits per heavy atom. The van der Waals surface area contributed by atoms with Crippen molar-refractivity contribution < 1.29 is 9.90 Å². The minimum atomic E-state index is -1.12. The van der Waals surface area contributed by atoms with E-state index in [4.69, 9.17) is 10.8 Å². The summed E-state index contributed by atoms with van der Waals surface area (Å²) >= 11 is 0. The van der Waals surface area contributed by atoms with Crippen molar-refractivity contribution >= 4 is 5.97 Å². The summed E-state index contributed by atoms with van der Waals surface area (Å²) in [6.45, 7) is 1.61. The van der Waals surface area contributed by atoms with E-state index in [0.29, 0.717) is 5.69 Å². The summed E-state index contributed by atoms with van der Waals surface area (Å²) < 4.78 is 1.38. The first kappa shape index (κ1) is 10.5. The standard InChI is InChI=1S/C9H12N2O3/c1-5-3-6(9(13)14)7(4-10)8(12)11(5)2/h3H,4,10H2,1-2H3,(H,13,14). The predicted octanol–water partition coefficient (Wildman–Crippen LogP) is -0.149. The van der Waals surface area contributed by atoms with Crippen molar-refractivity contribution in [1.82, 2.24) is 4.57 Å². The van der Waals surface area contributed by atoms with Gasteiger partial charge in [0.25, 0.3) is 5.56 Å². The molecule has 0 amide bonds. The lowest BCUT2D eigenvalue weighted by atomic mass is 10.1. The van der Waals surface area contributed by atoms with Gasteiger partial charge in [-0.2, -0.15) is 0 Å². The second-order valence-corrected chi connectivity index (χ2v) is 3.05. The average Bonchev–Trinajstić information content (AvgIpc) is 2.13. The van der Waals surface area contributed by atoms with Gasteiger partial charge in [-0.15, -0.1) is 0 Å². The molecule has 76 valence electrons. The molecule has 1 aromatic rings. The topological polar surface area (TPSA) is 85.3 Å². The average molecular weight is 196 g/mol. The Labute approximate surface area is 80.8 Å². The number of pyridine rings is 1. The molecule has 0 radical (unpaired) electrons. The molecule has 5 nitrogen and oxygen atoms in total. The van der Waals surface area contributed by atoms with E-state index in [1.54, 1.807) is 14.0 Å². The number of hydrogen-bond acceptors (Lipinski definition) is 3. The number of aromatic carboxylic acids is 1. The second-order valence-electron chi connectivity index (χ2n) is 3.05. The highest BCUT2D eigenvalue weighted by Crippen LogP contribution is 2.06. The first-order valence-corrected chi connectivity index (χ1v) is 4.12. The van der Waals surface area contributed by atoms with Crippen LogP contribution in [0.4, 0.5) is 0 Å². The quantitative estimate of drug-likeness (QED) is 0.688. The zero-order chi connectivity index (χ0) is 10.9. The van der Waals surface area contributed by atoms with Crippen LogP contribution < -0.4 is 11.3 Å². The Morgan fingerprint density at radius 2 is 2.21 bits per heavy atom. The minimum Gasteiger partial charge on any atom is -0.478 e. The molecule has 0 atom stereocenters. The highest BCUT2D eigenvalue weighted by Gasteiger charge is 2.14. The molecule has 0 aliphatic rings. The van der Waals surface area contributed by atoms with Crippen molar-refractivity contribution in [3.05, 3.63) is 33.2 Å². The van der Waals surface area contributed by atoms with Crippen molar-refractivity contribution in [3.63, 3.8) is 0 Å². The third-order valence-corrected chi connectivity index (χ3v) is 2.20. The molecule has 3 N–H and O–H groups in total. The fourth-order valence-electron chi connectivity index (χ4n) is 1.26. The Hall–Kier alpha value is -1.62. The number of carboxylic acids is 1. The SMILES string of the molecule is Cc1cc(C(=O)O)c(CN)c(=O)n1C. The van der Waals surface area contributed by atoms with Crippen LogP contribution in [0.2, 0.25) is 0 Å². The molecule has 0 saturated heterocycles. The van der Waals surface area contributed by atoms with Gasteiger partial charge in [-0.25, -0.2) is 4.79 Å². The summed E-state index contributed by atoms with van der Waals surface area (Å²) in [6.07, 6.45) is 0. The normalized spacial score (nSPS) is 10.2. The van der Waals surface area contributed by atoms with Gasteiger partial charge in [-0.05, 0) is 13.0 Å². The van der Waals surface area contributed by atoms with E-state index < -0.39 is 5.97 Å². The van der Waals surface area contributed by atoms with E-state index >= 15 is 0 Å². The van der Waals surface area contributed by atoms with Gasteiger partial charge < -0.3 is 15.4 Å². The highest BCUT2D eigenvalue weighted by molar-refractivity contribution is 5.89. The van der Waals surface area contributed by atoms with Crippen molar-refractivity contribution in [1.29, 1.82) is 0 Å². The van der Waals surface area contributed by atoms with E-state index in [2.05, 4.69) is 0 Å². The van der Waals surface area contributed by atoms with E-state index in [1.807, 2.05) is 0 Å². The van der Waals surface area contributed by atoms with Crippen LogP contribution in [0.3, 0.4) is 0 Å². The summed E-state index contributed by atoms with van der Waals surface area (Å²) in [5.41, 5.74) is 5.73. The number of nitrogens with zero attached hydrogens (tertiary/aromatic N) is 1. The Bertz CT molecular complexity index is 434. The van der Waals surface area contributed by atoms with Gasteiger partial charge in [0, 0.05) is 24.8 Å². The van der Waals surface area contributed by atoms with Gasteiger partial charge >= 0.3 is 5.97 Å². The fourth-order valence-corrected chi connectivity index (χ4v) is 1.26. The summed E-state index contributed by atoms with van der Waals surface area (Å²) in [7, 11) is 1.59. The van der Waals surface area contributed by atoms with E-state index in [1.165, 1.54) is 10.6 Å². The molecule has 0 unspecified atom stereocenters. The summed E-state index contributed by atoms with van der Waals surface area (Å²) in [6, 6.07) is 1.45. The molecule has 0 fully saturated rings. The summed E-state index contributed by atoms with van der Waals surface area (Å²) in [5.74, 6) is -1.12. The van der Waals surface area contributed by atoms with Crippen LogP contribution in [0.1, 0.15) is 21.6 Å². The van der Waals surface area contributed by atoms with E-state index in [9.17, 15) is 9.59 Å². The van der Waals surface area contributed by atoms with Crippen LogP contribution in [0, 0.1) is 6.92 Å². The third kappa shape index (κ3) is 1.54. The van der Waals surface area contributed by atoms with Crippen LogP contribution in [0.15, 0.2) is 10.9 Å². The molecule has 0 bridgehead atoms. The third-order valence-electron chi connectivity index (χ3n) is 2.20. The molecular weight excluding hydrogens is 184 g/mol. The summed E-state index contributed by atoms with van der Waals surface area (Å²) in [4.78, 5) is 22.4. The number of rotatable bonds is 2. The lowest BCUT2D eigenvalue weighted by Gasteiger charge is -2.08. The largest absolute Gasteiger partial charge is 0.478 e. The molecule has 0 aromatic carbocycles. The maximum atomic E-state index is 11.6. The molecule has 0 aliphatic carbocycles. The first-order valence-electron chi connectivity index (χ1n) is 4.12. The summed E-state index contributed by atoms with van der Waals surface area (Å²) in [5, 5.41) is 8.83. The Balaban J connectivity index is 3.60. The monoisotopic (exact) mass is 196 g/mol. The van der Waals surface area contributed by atoms with Crippen molar-refractivity contribution in [2.24, 2.45) is 12.8 Å². The van der Waals surface area contributed by atoms with Crippen LogP contribution in [-0.2, 0) is 13.6 Å². The zero-order valence-electron chi connectivity index (χ0n) is 8.07. The molecule has 0 saturated carbocycles. The molecular formula is C9H12N2O3. The van der Waals surface area contributed by atoms with Crippen LogP contribution in [0.5, 0.6) is 0 Å². The van der Waals surface area contributed by atoms with Gasteiger partial charge in [0.15, 0.2) is 0 Å². The number of carbonyl (C=O) groups is 1.